The van der Waals surface area contributed by atoms with Gasteiger partial charge in [-0.15, -0.1) is 11.3 Å². The number of nitrogens with zero attached hydrogens (tertiary/aromatic N) is 2. The van der Waals surface area contributed by atoms with E-state index < -0.39 is 0 Å². The number of amides is 3. The number of anilines is 1. The standard InChI is InChI=1S/C26H28Cl2N4O3S/c1-17(2)14-32(25(35)19-8-9-21(27)22(28)12-19)15-24(34)31-26-30-20(16-36-26)13-23(33)29-11-10-18-6-4-3-5-7-18/h3-9,12,16-17H,10-11,13-15H2,1-2H3,(H,29,33)(H,30,31,34). The Balaban J connectivity index is 1.52. The Hall–Kier alpha value is -2.94. The maximum atomic E-state index is 13.0. The molecule has 0 bridgehead atoms. The zero-order valence-corrected chi connectivity index (χ0v) is 22.4. The first-order valence-electron chi connectivity index (χ1n) is 11.5. The van der Waals surface area contributed by atoms with E-state index in [9.17, 15) is 14.4 Å². The number of hydrogen-bond acceptors (Lipinski definition) is 5. The van der Waals surface area contributed by atoms with Crippen molar-refractivity contribution in [2.45, 2.75) is 26.7 Å². The second kappa shape index (κ2) is 13.4. The van der Waals surface area contributed by atoms with Gasteiger partial charge in [-0.05, 0) is 36.1 Å². The molecule has 7 nitrogen and oxygen atoms in total. The van der Waals surface area contributed by atoms with Crippen LogP contribution in [0.1, 0.15) is 35.5 Å². The molecule has 0 aliphatic heterocycles. The Bertz CT molecular complexity index is 1200. The Morgan fingerprint density at radius 2 is 1.78 bits per heavy atom. The second-order valence-corrected chi connectivity index (χ2v) is 10.3. The fourth-order valence-corrected chi connectivity index (χ4v) is 4.49. The molecular formula is C26H28Cl2N4O3S. The van der Waals surface area contributed by atoms with Crippen LogP contribution in [0.3, 0.4) is 0 Å². The van der Waals surface area contributed by atoms with Crippen LogP contribution in [0.15, 0.2) is 53.9 Å². The number of aromatic nitrogens is 1. The van der Waals surface area contributed by atoms with E-state index in [2.05, 4.69) is 15.6 Å². The number of thiazole rings is 1. The maximum absolute atomic E-state index is 13.0. The number of rotatable bonds is 11. The highest BCUT2D eigenvalue weighted by molar-refractivity contribution is 7.13. The van der Waals surface area contributed by atoms with Crippen molar-refractivity contribution in [2.75, 3.05) is 25.0 Å². The lowest BCUT2D eigenvalue weighted by atomic mass is 10.1. The van der Waals surface area contributed by atoms with Crippen molar-refractivity contribution in [1.82, 2.24) is 15.2 Å². The number of nitrogens with one attached hydrogen (secondary N) is 2. The molecule has 2 N–H and O–H groups in total. The van der Waals surface area contributed by atoms with Crippen molar-refractivity contribution < 1.29 is 14.4 Å². The molecule has 3 rings (SSSR count). The summed E-state index contributed by atoms with van der Waals surface area (Å²) in [6.45, 7) is 4.70. The molecule has 0 atom stereocenters. The minimum Gasteiger partial charge on any atom is -0.355 e. The molecule has 0 aliphatic carbocycles. The van der Waals surface area contributed by atoms with E-state index in [4.69, 9.17) is 23.2 Å². The predicted octanol–water partition coefficient (Wildman–Crippen LogP) is 5.09. The van der Waals surface area contributed by atoms with Crippen LogP contribution in [0, 0.1) is 5.92 Å². The van der Waals surface area contributed by atoms with Gasteiger partial charge in [0.05, 0.1) is 22.2 Å². The minimum absolute atomic E-state index is 0.121. The Morgan fingerprint density at radius 1 is 1.03 bits per heavy atom. The molecule has 0 saturated carbocycles. The van der Waals surface area contributed by atoms with Crippen molar-refractivity contribution in [3.8, 4) is 0 Å². The highest BCUT2D eigenvalue weighted by atomic mass is 35.5. The van der Waals surface area contributed by atoms with E-state index in [-0.39, 0.29) is 41.6 Å². The molecule has 0 radical (unpaired) electrons. The van der Waals surface area contributed by atoms with E-state index in [1.807, 2.05) is 44.2 Å². The molecule has 3 aromatic rings. The monoisotopic (exact) mass is 546 g/mol. The SMILES string of the molecule is CC(C)CN(CC(=O)Nc1nc(CC(=O)NCCc2ccccc2)cs1)C(=O)c1ccc(Cl)c(Cl)c1. The van der Waals surface area contributed by atoms with Gasteiger partial charge in [0.1, 0.15) is 6.54 Å². The van der Waals surface area contributed by atoms with Gasteiger partial charge in [-0.1, -0.05) is 67.4 Å². The molecule has 190 valence electrons. The number of carbonyl (C=O) groups excluding carboxylic acids is 3. The van der Waals surface area contributed by atoms with Crippen molar-refractivity contribution in [1.29, 1.82) is 0 Å². The predicted molar refractivity (Wildman–Crippen MR) is 145 cm³/mol. The molecule has 0 saturated heterocycles. The molecular weight excluding hydrogens is 519 g/mol. The first-order valence-corrected chi connectivity index (χ1v) is 13.1. The average Bonchev–Trinajstić information content (AvgIpc) is 3.26. The first-order chi connectivity index (χ1) is 17.2. The molecule has 0 unspecified atom stereocenters. The summed E-state index contributed by atoms with van der Waals surface area (Å²) in [6.07, 6.45) is 0.870. The van der Waals surface area contributed by atoms with E-state index in [0.717, 1.165) is 12.0 Å². The Kier molecular flexibility index (Phi) is 10.3. The van der Waals surface area contributed by atoms with Gasteiger partial charge in [-0.2, -0.15) is 0 Å². The van der Waals surface area contributed by atoms with Crippen LogP contribution in [0.25, 0.3) is 0 Å². The third-order valence-electron chi connectivity index (χ3n) is 5.09. The summed E-state index contributed by atoms with van der Waals surface area (Å²) in [6, 6.07) is 14.6. The van der Waals surface area contributed by atoms with Crippen LogP contribution in [0.5, 0.6) is 0 Å². The number of benzene rings is 2. The van der Waals surface area contributed by atoms with Gasteiger partial charge in [0.25, 0.3) is 5.91 Å². The largest absolute Gasteiger partial charge is 0.355 e. The van der Waals surface area contributed by atoms with Gasteiger partial charge in [-0.3, -0.25) is 14.4 Å². The van der Waals surface area contributed by atoms with Gasteiger partial charge in [0.2, 0.25) is 11.8 Å². The first kappa shape index (κ1) is 27.6. The third-order valence-corrected chi connectivity index (χ3v) is 6.64. The van der Waals surface area contributed by atoms with Crippen molar-refractivity contribution >= 4 is 57.4 Å². The summed E-state index contributed by atoms with van der Waals surface area (Å²) >= 11 is 13.2. The second-order valence-electron chi connectivity index (χ2n) is 8.66. The lowest BCUT2D eigenvalue weighted by molar-refractivity contribution is -0.120. The van der Waals surface area contributed by atoms with Crippen LogP contribution in [-0.4, -0.2) is 47.2 Å². The van der Waals surface area contributed by atoms with Crippen LogP contribution in [0.4, 0.5) is 5.13 Å². The summed E-state index contributed by atoms with van der Waals surface area (Å²) in [7, 11) is 0. The summed E-state index contributed by atoms with van der Waals surface area (Å²) in [5.41, 5.74) is 2.08. The minimum atomic E-state index is -0.378. The molecule has 0 aliphatic rings. The van der Waals surface area contributed by atoms with E-state index in [1.54, 1.807) is 17.5 Å². The zero-order chi connectivity index (χ0) is 26.1. The molecule has 36 heavy (non-hydrogen) atoms. The Morgan fingerprint density at radius 3 is 2.47 bits per heavy atom. The van der Waals surface area contributed by atoms with Crippen molar-refractivity contribution in [3.63, 3.8) is 0 Å². The summed E-state index contributed by atoms with van der Waals surface area (Å²) in [5.74, 6) is -0.678. The van der Waals surface area contributed by atoms with Gasteiger partial charge < -0.3 is 15.5 Å². The molecule has 1 aromatic heterocycles. The average molecular weight is 548 g/mol. The summed E-state index contributed by atoms with van der Waals surface area (Å²) in [5, 5.41) is 8.35. The smallest absolute Gasteiger partial charge is 0.254 e. The molecule has 0 spiro atoms. The zero-order valence-electron chi connectivity index (χ0n) is 20.1. The quantitative estimate of drug-likeness (QED) is 0.350. The molecule has 1 heterocycles. The molecule has 3 amide bonds. The number of hydrogen-bond donors (Lipinski definition) is 2. The maximum Gasteiger partial charge on any atom is 0.254 e. The van der Waals surface area contributed by atoms with Crippen molar-refractivity contribution in [2.24, 2.45) is 5.92 Å². The number of halogens is 2. The molecule has 2 aromatic carbocycles. The molecule has 0 fully saturated rings. The lowest BCUT2D eigenvalue weighted by Crippen LogP contribution is -2.40. The molecule has 10 heteroatoms. The highest BCUT2D eigenvalue weighted by Crippen LogP contribution is 2.23. The fourth-order valence-electron chi connectivity index (χ4n) is 3.47. The van der Waals surface area contributed by atoms with Crippen molar-refractivity contribution in [3.05, 3.63) is 80.8 Å². The topological polar surface area (TPSA) is 91.4 Å². The number of carbonyl (C=O) groups is 3. The summed E-state index contributed by atoms with van der Waals surface area (Å²) < 4.78 is 0. The van der Waals surface area contributed by atoms with Crippen LogP contribution >= 0.6 is 34.5 Å². The van der Waals surface area contributed by atoms with Crippen LogP contribution < -0.4 is 10.6 Å². The van der Waals surface area contributed by atoms with Gasteiger partial charge >= 0.3 is 0 Å². The van der Waals surface area contributed by atoms with E-state index in [0.29, 0.717) is 34.5 Å². The van der Waals surface area contributed by atoms with E-state index >= 15 is 0 Å². The lowest BCUT2D eigenvalue weighted by Gasteiger charge is -2.24. The normalized spacial score (nSPS) is 10.8. The van der Waals surface area contributed by atoms with Crippen LogP contribution in [0.2, 0.25) is 10.0 Å². The summed E-state index contributed by atoms with van der Waals surface area (Å²) in [4.78, 5) is 43.8. The van der Waals surface area contributed by atoms with Crippen LogP contribution in [-0.2, 0) is 22.4 Å². The van der Waals surface area contributed by atoms with Gasteiger partial charge in [0.15, 0.2) is 5.13 Å². The highest BCUT2D eigenvalue weighted by Gasteiger charge is 2.21. The third kappa shape index (κ3) is 8.62. The van der Waals surface area contributed by atoms with Gasteiger partial charge in [0, 0.05) is 24.0 Å². The fraction of sp³-hybridized carbons (Fsp3) is 0.308. The van der Waals surface area contributed by atoms with E-state index in [1.165, 1.54) is 22.3 Å². The van der Waals surface area contributed by atoms with Gasteiger partial charge in [-0.25, -0.2) is 4.98 Å². The Labute approximate surface area is 224 Å².